The molecule has 0 saturated carbocycles. The van der Waals surface area contributed by atoms with Gasteiger partial charge in [0.15, 0.2) is 17.5 Å². The average molecular weight is 413 g/mol. The van der Waals surface area contributed by atoms with Crippen LogP contribution < -0.4 is 20.1 Å². The van der Waals surface area contributed by atoms with Gasteiger partial charge in [0.2, 0.25) is 0 Å². The number of hydrogen-bond donors (Lipinski definition) is 2. The number of thiazole rings is 1. The standard InChI is InChI=1S/C19H26F2N4O2S/c1-4-22-19(23-10-9-15-12-28-13(3)25-15)24-11-14-7-6-8-16(26-5-2)17(14)27-18(20)21/h6-8,12,18H,4-5,9-11H2,1-3H3,(H2,22,23,24). The predicted molar refractivity (Wildman–Crippen MR) is 108 cm³/mol. The van der Waals surface area contributed by atoms with Crippen molar-refractivity contribution in [2.45, 2.75) is 40.3 Å². The maximum atomic E-state index is 12.8. The molecule has 2 aromatic rings. The molecule has 0 atom stereocenters. The van der Waals surface area contributed by atoms with Gasteiger partial charge in [0.1, 0.15) is 0 Å². The summed E-state index contributed by atoms with van der Waals surface area (Å²) in [5.41, 5.74) is 1.56. The van der Waals surface area contributed by atoms with Gasteiger partial charge in [-0.1, -0.05) is 12.1 Å². The van der Waals surface area contributed by atoms with E-state index >= 15 is 0 Å². The summed E-state index contributed by atoms with van der Waals surface area (Å²) in [6, 6.07) is 5.04. The van der Waals surface area contributed by atoms with Gasteiger partial charge in [-0.05, 0) is 26.8 Å². The largest absolute Gasteiger partial charge is 0.490 e. The summed E-state index contributed by atoms with van der Waals surface area (Å²) in [7, 11) is 0. The fourth-order valence-corrected chi connectivity index (χ4v) is 3.16. The second-order valence-electron chi connectivity index (χ2n) is 5.79. The number of hydrogen-bond acceptors (Lipinski definition) is 5. The molecular formula is C19H26F2N4O2S. The second kappa shape index (κ2) is 11.4. The van der Waals surface area contributed by atoms with Crippen LogP contribution in [0.15, 0.2) is 28.6 Å². The number of aryl methyl sites for hydroxylation is 1. The van der Waals surface area contributed by atoms with Crippen LogP contribution in [0.1, 0.15) is 30.1 Å². The Morgan fingerprint density at radius 2 is 2.11 bits per heavy atom. The molecule has 0 aliphatic carbocycles. The van der Waals surface area contributed by atoms with E-state index in [1.165, 1.54) is 0 Å². The summed E-state index contributed by atoms with van der Waals surface area (Å²) in [4.78, 5) is 8.92. The number of aliphatic imine (C=N–C) groups is 1. The lowest BCUT2D eigenvalue weighted by Crippen LogP contribution is -2.38. The first-order valence-electron chi connectivity index (χ1n) is 9.16. The zero-order chi connectivity index (χ0) is 20.4. The molecule has 1 aromatic heterocycles. The topological polar surface area (TPSA) is 67.8 Å². The molecule has 0 aliphatic heterocycles. The van der Waals surface area contributed by atoms with Gasteiger partial charge in [0.05, 0.1) is 23.9 Å². The van der Waals surface area contributed by atoms with Gasteiger partial charge in [-0.3, -0.25) is 0 Å². The lowest BCUT2D eigenvalue weighted by molar-refractivity contribution is -0.0520. The smallest absolute Gasteiger partial charge is 0.387 e. The van der Waals surface area contributed by atoms with Crippen LogP contribution in [0.4, 0.5) is 8.78 Å². The van der Waals surface area contributed by atoms with E-state index in [1.807, 2.05) is 19.2 Å². The monoisotopic (exact) mass is 412 g/mol. The van der Waals surface area contributed by atoms with E-state index < -0.39 is 6.61 Å². The number of nitrogens with one attached hydrogen (secondary N) is 2. The Morgan fingerprint density at radius 3 is 2.75 bits per heavy atom. The number of benzene rings is 1. The van der Waals surface area contributed by atoms with Crippen LogP contribution in [-0.2, 0) is 13.0 Å². The Morgan fingerprint density at radius 1 is 1.29 bits per heavy atom. The van der Waals surface area contributed by atoms with Crippen LogP contribution in [0, 0.1) is 6.92 Å². The van der Waals surface area contributed by atoms with Crippen molar-refractivity contribution in [3.05, 3.63) is 39.8 Å². The number of ether oxygens (including phenoxy) is 2. The normalized spacial score (nSPS) is 11.6. The Bertz CT molecular complexity index is 768. The SMILES string of the molecule is CCNC(=NCc1cccc(OCC)c1OC(F)F)NCCc1csc(C)n1. The first kappa shape index (κ1) is 21.9. The highest BCUT2D eigenvalue weighted by atomic mass is 32.1. The second-order valence-corrected chi connectivity index (χ2v) is 6.85. The third-order valence-corrected chi connectivity index (χ3v) is 4.48. The van der Waals surface area contributed by atoms with Crippen LogP contribution in [-0.4, -0.2) is 37.3 Å². The lowest BCUT2D eigenvalue weighted by atomic mass is 10.2. The quantitative estimate of drug-likeness (QED) is 0.460. The van der Waals surface area contributed by atoms with E-state index in [-0.39, 0.29) is 18.0 Å². The molecule has 0 bridgehead atoms. The molecule has 2 rings (SSSR count). The Balaban J connectivity index is 2.07. The molecule has 28 heavy (non-hydrogen) atoms. The Kier molecular flexibility index (Phi) is 8.93. The van der Waals surface area contributed by atoms with Gasteiger partial charge in [-0.25, -0.2) is 9.98 Å². The number of guanidine groups is 1. The zero-order valence-corrected chi connectivity index (χ0v) is 17.1. The van der Waals surface area contributed by atoms with Crippen molar-refractivity contribution in [1.82, 2.24) is 15.6 Å². The third-order valence-electron chi connectivity index (χ3n) is 3.66. The molecule has 0 amide bonds. The highest BCUT2D eigenvalue weighted by Crippen LogP contribution is 2.33. The number of halogens is 2. The summed E-state index contributed by atoms with van der Waals surface area (Å²) >= 11 is 1.62. The Labute approximate surface area is 168 Å². The van der Waals surface area contributed by atoms with Gasteiger partial charge in [-0.15, -0.1) is 11.3 Å². The van der Waals surface area contributed by atoms with Crippen molar-refractivity contribution in [2.24, 2.45) is 4.99 Å². The van der Waals surface area contributed by atoms with E-state index in [0.29, 0.717) is 31.2 Å². The molecule has 6 nitrogen and oxygen atoms in total. The first-order chi connectivity index (χ1) is 13.5. The number of para-hydroxylation sites is 1. The molecule has 0 spiro atoms. The maximum absolute atomic E-state index is 12.8. The zero-order valence-electron chi connectivity index (χ0n) is 16.3. The van der Waals surface area contributed by atoms with Crippen LogP contribution in [0.3, 0.4) is 0 Å². The van der Waals surface area contributed by atoms with Gasteiger partial charge < -0.3 is 20.1 Å². The minimum atomic E-state index is -2.93. The van der Waals surface area contributed by atoms with Crippen LogP contribution in [0.5, 0.6) is 11.5 Å². The van der Waals surface area contributed by atoms with E-state index in [2.05, 4.69) is 25.3 Å². The molecular weight excluding hydrogens is 386 g/mol. The van der Waals surface area contributed by atoms with Crippen molar-refractivity contribution in [3.8, 4) is 11.5 Å². The number of alkyl halides is 2. The summed E-state index contributed by atoms with van der Waals surface area (Å²) in [6.45, 7) is 4.66. The highest BCUT2D eigenvalue weighted by molar-refractivity contribution is 7.09. The van der Waals surface area contributed by atoms with E-state index in [1.54, 1.807) is 36.5 Å². The van der Waals surface area contributed by atoms with Crippen molar-refractivity contribution < 1.29 is 18.3 Å². The maximum Gasteiger partial charge on any atom is 0.387 e. The molecule has 154 valence electrons. The third kappa shape index (κ3) is 6.95. The highest BCUT2D eigenvalue weighted by Gasteiger charge is 2.15. The Hall–Kier alpha value is -2.42. The predicted octanol–water partition coefficient (Wildman–Crippen LogP) is 3.75. The fraction of sp³-hybridized carbons (Fsp3) is 0.474. The summed E-state index contributed by atoms with van der Waals surface area (Å²) in [5.74, 6) is 0.906. The first-order valence-corrected chi connectivity index (χ1v) is 10.0. The number of rotatable bonds is 10. The summed E-state index contributed by atoms with van der Waals surface area (Å²) < 4.78 is 35.7. The molecule has 1 aromatic carbocycles. The van der Waals surface area contributed by atoms with Crippen LogP contribution in [0.25, 0.3) is 0 Å². The van der Waals surface area contributed by atoms with Crippen LogP contribution in [0.2, 0.25) is 0 Å². The minimum Gasteiger partial charge on any atom is -0.490 e. The van der Waals surface area contributed by atoms with E-state index in [9.17, 15) is 8.78 Å². The average Bonchev–Trinajstić information content (AvgIpc) is 3.06. The van der Waals surface area contributed by atoms with Gasteiger partial charge in [0, 0.05) is 30.5 Å². The van der Waals surface area contributed by atoms with Crippen molar-refractivity contribution in [2.75, 3.05) is 19.7 Å². The fourth-order valence-electron chi connectivity index (χ4n) is 2.52. The molecule has 0 saturated heterocycles. The molecule has 0 radical (unpaired) electrons. The lowest BCUT2D eigenvalue weighted by Gasteiger charge is -2.15. The number of nitrogens with zero attached hydrogens (tertiary/aromatic N) is 2. The van der Waals surface area contributed by atoms with Crippen molar-refractivity contribution in [3.63, 3.8) is 0 Å². The van der Waals surface area contributed by atoms with Crippen molar-refractivity contribution in [1.29, 1.82) is 0 Å². The molecule has 0 fully saturated rings. The number of aromatic nitrogens is 1. The molecule has 2 N–H and O–H groups in total. The van der Waals surface area contributed by atoms with Crippen molar-refractivity contribution >= 4 is 17.3 Å². The van der Waals surface area contributed by atoms with E-state index in [0.717, 1.165) is 17.1 Å². The van der Waals surface area contributed by atoms with Gasteiger partial charge >= 0.3 is 6.61 Å². The summed E-state index contributed by atoms with van der Waals surface area (Å²) in [5, 5.41) is 9.45. The molecule has 9 heteroatoms. The van der Waals surface area contributed by atoms with E-state index in [4.69, 9.17) is 4.74 Å². The molecule has 0 aliphatic rings. The molecule has 1 heterocycles. The van der Waals surface area contributed by atoms with Gasteiger partial charge in [-0.2, -0.15) is 8.78 Å². The van der Waals surface area contributed by atoms with Gasteiger partial charge in [0.25, 0.3) is 0 Å². The molecule has 0 unspecified atom stereocenters. The minimum absolute atomic E-state index is 0.0249. The van der Waals surface area contributed by atoms with Crippen LogP contribution >= 0.6 is 11.3 Å². The summed E-state index contributed by atoms with van der Waals surface area (Å²) in [6.07, 6.45) is 0.772.